The van der Waals surface area contributed by atoms with Crippen LogP contribution in [0.1, 0.15) is 0 Å². The Morgan fingerprint density at radius 3 is 2.42 bits per heavy atom. The lowest BCUT2D eigenvalue weighted by molar-refractivity contribution is -0.0388. The standard InChI is InChI=1S/C3H3F3N4OS/c4-3(5,6)12(11)2-8-1(7)9-10-2/h(H3,7,8,9,10). The van der Waals surface area contributed by atoms with E-state index in [0.29, 0.717) is 0 Å². The van der Waals surface area contributed by atoms with Gasteiger partial charge in [-0.05, 0) is 0 Å². The largest absolute Gasteiger partial charge is 0.478 e. The van der Waals surface area contributed by atoms with Crippen LogP contribution < -0.4 is 5.73 Å². The molecule has 1 heterocycles. The number of nitrogens with one attached hydrogen (secondary N) is 1. The Morgan fingerprint density at radius 1 is 1.50 bits per heavy atom. The number of nitrogens with zero attached hydrogens (tertiary/aromatic N) is 2. The van der Waals surface area contributed by atoms with Crippen molar-refractivity contribution in [1.82, 2.24) is 15.2 Å². The Hall–Kier alpha value is -1.12. The topological polar surface area (TPSA) is 84.7 Å². The van der Waals surface area contributed by atoms with E-state index in [1.54, 1.807) is 5.10 Å². The summed E-state index contributed by atoms with van der Waals surface area (Å²) in [4.78, 5) is 3.07. The SMILES string of the molecule is Nc1n[nH]c(S(=O)C(F)(F)F)n1. The number of aromatic nitrogens is 3. The monoisotopic (exact) mass is 200 g/mol. The molecule has 1 rings (SSSR count). The lowest BCUT2D eigenvalue weighted by atomic mass is 11.1. The van der Waals surface area contributed by atoms with Gasteiger partial charge in [-0.25, -0.2) is 9.31 Å². The molecule has 0 radical (unpaired) electrons. The predicted octanol–water partition coefficient (Wildman–Crippen LogP) is 0.0143. The minimum atomic E-state index is -4.84. The highest BCUT2D eigenvalue weighted by molar-refractivity contribution is 7.85. The molecule has 0 aliphatic carbocycles. The first kappa shape index (κ1) is 8.97. The summed E-state index contributed by atoms with van der Waals surface area (Å²) in [7, 11) is -3.19. The quantitative estimate of drug-likeness (QED) is 0.668. The lowest BCUT2D eigenvalue weighted by Crippen LogP contribution is -2.17. The number of hydrogen-bond acceptors (Lipinski definition) is 4. The first-order valence-electron chi connectivity index (χ1n) is 2.57. The van der Waals surface area contributed by atoms with E-state index in [1.165, 1.54) is 0 Å². The van der Waals surface area contributed by atoms with Gasteiger partial charge in [-0.2, -0.15) is 18.2 Å². The van der Waals surface area contributed by atoms with Crippen molar-refractivity contribution in [3.63, 3.8) is 0 Å². The van der Waals surface area contributed by atoms with Crippen molar-refractivity contribution in [2.75, 3.05) is 5.73 Å². The molecule has 0 fully saturated rings. The fourth-order valence-electron chi connectivity index (χ4n) is 0.452. The Kier molecular flexibility index (Phi) is 2.04. The Morgan fingerprint density at radius 2 is 2.08 bits per heavy atom. The molecule has 68 valence electrons. The van der Waals surface area contributed by atoms with Gasteiger partial charge in [-0.3, -0.25) is 0 Å². The molecule has 1 atom stereocenters. The van der Waals surface area contributed by atoms with E-state index < -0.39 is 21.5 Å². The van der Waals surface area contributed by atoms with Crippen LogP contribution in [0.25, 0.3) is 0 Å². The number of aromatic amines is 1. The van der Waals surface area contributed by atoms with E-state index in [0.717, 1.165) is 0 Å². The second kappa shape index (κ2) is 2.73. The number of anilines is 1. The van der Waals surface area contributed by atoms with Gasteiger partial charge >= 0.3 is 5.51 Å². The maximum absolute atomic E-state index is 11.7. The minimum absolute atomic E-state index is 0.373. The zero-order chi connectivity index (χ0) is 9.35. The molecule has 0 aliphatic rings. The van der Waals surface area contributed by atoms with Crippen LogP contribution in [0.2, 0.25) is 0 Å². The molecule has 0 saturated carbocycles. The Balaban J connectivity index is 2.93. The second-order valence-electron chi connectivity index (χ2n) is 1.71. The summed E-state index contributed by atoms with van der Waals surface area (Å²) in [6.07, 6.45) is 0. The lowest BCUT2D eigenvalue weighted by Gasteiger charge is -2.00. The first-order chi connectivity index (χ1) is 5.41. The third-order valence-corrected chi connectivity index (χ3v) is 1.82. The van der Waals surface area contributed by atoms with Crippen LogP contribution in [0.4, 0.5) is 19.1 Å². The van der Waals surface area contributed by atoms with Crippen LogP contribution in [-0.2, 0) is 10.8 Å². The highest BCUT2D eigenvalue weighted by atomic mass is 32.2. The number of nitrogens with two attached hydrogens (primary N) is 1. The normalized spacial score (nSPS) is 14.6. The number of H-pyrrole nitrogens is 1. The molecule has 0 aliphatic heterocycles. The van der Waals surface area contributed by atoms with Gasteiger partial charge in [0.2, 0.25) is 11.1 Å². The van der Waals surface area contributed by atoms with Crippen molar-refractivity contribution < 1.29 is 17.4 Å². The van der Waals surface area contributed by atoms with Gasteiger partial charge in [0.25, 0.3) is 0 Å². The van der Waals surface area contributed by atoms with Crippen LogP contribution in [-0.4, -0.2) is 24.9 Å². The van der Waals surface area contributed by atoms with Gasteiger partial charge in [0.1, 0.15) is 0 Å². The molecule has 1 unspecified atom stereocenters. The van der Waals surface area contributed by atoms with Crippen molar-refractivity contribution in [3.8, 4) is 0 Å². The van der Waals surface area contributed by atoms with Crippen LogP contribution in [0.5, 0.6) is 0 Å². The molecular formula is C3H3F3N4OS. The molecule has 12 heavy (non-hydrogen) atoms. The van der Waals surface area contributed by atoms with Crippen LogP contribution >= 0.6 is 0 Å². The van der Waals surface area contributed by atoms with Crippen molar-refractivity contribution >= 4 is 16.7 Å². The maximum Gasteiger partial charge on any atom is 0.478 e. The van der Waals surface area contributed by atoms with Crippen molar-refractivity contribution in [1.29, 1.82) is 0 Å². The number of nitrogen functional groups attached to an aromatic ring is 1. The number of hydrogen-bond donors (Lipinski definition) is 2. The summed E-state index contributed by atoms with van der Waals surface area (Å²) >= 11 is 0. The molecular weight excluding hydrogens is 197 g/mol. The Bertz CT molecular complexity index is 307. The average molecular weight is 200 g/mol. The van der Waals surface area contributed by atoms with Gasteiger partial charge in [0.15, 0.2) is 10.8 Å². The van der Waals surface area contributed by atoms with E-state index in [4.69, 9.17) is 5.73 Å². The fourth-order valence-corrected chi connectivity index (χ4v) is 0.976. The first-order valence-corrected chi connectivity index (χ1v) is 3.72. The summed E-state index contributed by atoms with van der Waals surface area (Å²) in [6.45, 7) is 0. The number of halogens is 3. The van der Waals surface area contributed by atoms with Gasteiger partial charge in [-0.1, -0.05) is 0 Å². The third-order valence-electron chi connectivity index (χ3n) is 0.868. The van der Waals surface area contributed by atoms with Gasteiger partial charge in [0.05, 0.1) is 0 Å². The fraction of sp³-hybridized carbons (Fsp3) is 0.333. The summed E-state index contributed by atoms with van der Waals surface area (Å²) in [5.74, 6) is -0.373. The number of alkyl halides is 3. The van der Waals surface area contributed by atoms with Crippen molar-refractivity contribution in [2.45, 2.75) is 10.7 Å². The maximum atomic E-state index is 11.7. The highest BCUT2D eigenvalue weighted by Crippen LogP contribution is 2.23. The molecule has 0 spiro atoms. The average Bonchev–Trinajstić information content (AvgIpc) is 2.32. The van der Waals surface area contributed by atoms with Gasteiger partial charge in [0, 0.05) is 0 Å². The predicted molar refractivity (Wildman–Crippen MR) is 33.3 cm³/mol. The van der Waals surface area contributed by atoms with Crippen LogP contribution in [0.3, 0.4) is 0 Å². The Labute approximate surface area is 66.6 Å². The van der Waals surface area contributed by atoms with Gasteiger partial charge < -0.3 is 5.73 Å². The van der Waals surface area contributed by atoms with E-state index in [9.17, 15) is 17.4 Å². The molecule has 0 bridgehead atoms. The summed E-state index contributed by atoms with van der Waals surface area (Å²) < 4.78 is 45.6. The van der Waals surface area contributed by atoms with Crippen LogP contribution in [0, 0.1) is 0 Å². The van der Waals surface area contributed by atoms with E-state index in [-0.39, 0.29) is 5.95 Å². The molecule has 5 nitrogen and oxygen atoms in total. The van der Waals surface area contributed by atoms with Crippen LogP contribution in [0.15, 0.2) is 5.16 Å². The molecule has 1 aromatic heterocycles. The highest BCUT2D eigenvalue weighted by Gasteiger charge is 2.40. The molecule has 0 amide bonds. The molecule has 9 heteroatoms. The number of rotatable bonds is 1. The molecule has 1 aromatic rings. The molecule has 0 aromatic carbocycles. The minimum Gasteiger partial charge on any atom is -0.366 e. The second-order valence-corrected chi connectivity index (χ2v) is 3.10. The molecule has 0 saturated heterocycles. The summed E-state index contributed by atoms with van der Waals surface area (Å²) in [5, 5.41) is 4.11. The smallest absolute Gasteiger partial charge is 0.366 e. The van der Waals surface area contributed by atoms with E-state index in [2.05, 4.69) is 10.1 Å². The zero-order valence-corrected chi connectivity index (χ0v) is 6.24. The zero-order valence-electron chi connectivity index (χ0n) is 5.42. The van der Waals surface area contributed by atoms with Crippen molar-refractivity contribution in [3.05, 3.63) is 0 Å². The summed E-state index contributed by atoms with van der Waals surface area (Å²) in [5.41, 5.74) is 0.0631. The van der Waals surface area contributed by atoms with E-state index in [1.807, 2.05) is 0 Å². The van der Waals surface area contributed by atoms with Gasteiger partial charge in [-0.15, -0.1) is 5.10 Å². The van der Waals surface area contributed by atoms with E-state index >= 15 is 0 Å². The van der Waals surface area contributed by atoms with Crippen molar-refractivity contribution in [2.24, 2.45) is 0 Å². The summed E-state index contributed by atoms with van der Waals surface area (Å²) in [6, 6.07) is 0. The molecule has 3 N–H and O–H groups in total. The third kappa shape index (κ3) is 1.72.